The van der Waals surface area contributed by atoms with E-state index in [0.717, 1.165) is 0 Å². The Bertz CT molecular complexity index is 373. The Balaban J connectivity index is 3.19. The molecular formula is C8H10N2O2S. The van der Waals surface area contributed by atoms with E-state index in [1.54, 1.807) is 22.9 Å². The van der Waals surface area contributed by atoms with Crippen molar-refractivity contribution in [2.75, 3.05) is 6.61 Å². The number of amides is 1. The number of primary amides is 1. The third-order valence-electron chi connectivity index (χ3n) is 1.63. The fraction of sp³-hybridized carbons (Fsp3) is 0.250. The SMILES string of the molecule is NC(=O)c1cccn(CCO)c1=S. The number of rotatable bonds is 3. The molecule has 0 unspecified atom stereocenters. The highest BCUT2D eigenvalue weighted by atomic mass is 32.1. The molecule has 5 heteroatoms. The molecule has 4 nitrogen and oxygen atoms in total. The third-order valence-corrected chi connectivity index (χ3v) is 2.08. The van der Waals surface area contributed by atoms with E-state index in [9.17, 15) is 4.79 Å². The lowest BCUT2D eigenvalue weighted by atomic mass is 10.3. The lowest BCUT2D eigenvalue weighted by Gasteiger charge is -2.05. The molecule has 0 bridgehead atoms. The van der Waals surface area contributed by atoms with Crippen LogP contribution in [0.4, 0.5) is 0 Å². The van der Waals surface area contributed by atoms with E-state index in [1.165, 1.54) is 0 Å². The lowest BCUT2D eigenvalue weighted by Crippen LogP contribution is -2.15. The van der Waals surface area contributed by atoms with Gasteiger partial charge in [-0.1, -0.05) is 12.2 Å². The summed E-state index contributed by atoms with van der Waals surface area (Å²) in [5.74, 6) is -0.544. The fourth-order valence-corrected chi connectivity index (χ4v) is 1.33. The summed E-state index contributed by atoms with van der Waals surface area (Å²) in [4.78, 5) is 10.9. The summed E-state index contributed by atoms with van der Waals surface area (Å²) >= 11 is 4.98. The van der Waals surface area contributed by atoms with Crippen LogP contribution < -0.4 is 5.73 Å². The van der Waals surface area contributed by atoms with Crippen molar-refractivity contribution in [3.63, 3.8) is 0 Å². The van der Waals surface area contributed by atoms with Gasteiger partial charge in [-0.2, -0.15) is 0 Å². The van der Waals surface area contributed by atoms with E-state index in [1.807, 2.05) is 0 Å². The monoisotopic (exact) mass is 198 g/mol. The summed E-state index contributed by atoms with van der Waals surface area (Å²) in [6.45, 7) is 0.358. The summed E-state index contributed by atoms with van der Waals surface area (Å²) in [5.41, 5.74) is 5.41. The molecule has 0 spiro atoms. The molecule has 0 fully saturated rings. The van der Waals surface area contributed by atoms with Crippen LogP contribution >= 0.6 is 12.2 Å². The topological polar surface area (TPSA) is 68.2 Å². The third kappa shape index (κ3) is 2.13. The zero-order chi connectivity index (χ0) is 9.84. The molecular weight excluding hydrogens is 188 g/mol. The first-order chi connectivity index (χ1) is 6.16. The molecule has 1 aromatic rings. The molecule has 3 N–H and O–H groups in total. The number of nitrogens with zero attached hydrogens (tertiary/aromatic N) is 1. The smallest absolute Gasteiger partial charge is 0.251 e. The maximum absolute atomic E-state index is 10.9. The van der Waals surface area contributed by atoms with E-state index in [-0.39, 0.29) is 6.61 Å². The highest BCUT2D eigenvalue weighted by Gasteiger charge is 2.03. The molecule has 0 aliphatic heterocycles. The average molecular weight is 198 g/mol. The zero-order valence-electron chi connectivity index (χ0n) is 6.93. The van der Waals surface area contributed by atoms with Gasteiger partial charge >= 0.3 is 0 Å². The van der Waals surface area contributed by atoms with Gasteiger partial charge in [0.2, 0.25) is 0 Å². The first-order valence-electron chi connectivity index (χ1n) is 3.77. The summed E-state index contributed by atoms with van der Waals surface area (Å²) in [6, 6.07) is 3.24. The molecule has 0 saturated heterocycles. The maximum atomic E-state index is 10.9. The quantitative estimate of drug-likeness (QED) is 0.687. The van der Waals surface area contributed by atoms with Crippen molar-refractivity contribution in [1.82, 2.24) is 4.57 Å². The van der Waals surface area contributed by atoms with Gasteiger partial charge in [-0.25, -0.2) is 0 Å². The van der Waals surface area contributed by atoms with E-state index in [4.69, 9.17) is 23.1 Å². The van der Waals surface area contributed by atoms with Crippen molar-refractivity contribution >= 4 is 18.1 Å². The van der Waals surface area contributed by atoms with Crippen LogP contribution in [0.2, 0.25) is 0 Å². The first kappa shape index (κ1) is 9.88. The Morgan fingerprint density at radius 2 is 2.38 bits per heavy atom. The van der Waals surface area contributed by atoms with Crippen molar-refractivity contribution in [3.05, 3.63) is 28.5 Å². The highest BCUT2D eigenvalue weighted by molar-refractivity contribution is 7.71. The van der Waals surface area contributed by atoms with Crippen LogP contribution in [0, 0.1) is 4.64 Å². The average Bonchev–Trinajstić information content (AvgIpc) is 2.08. The van der Waals surface area contributed by atoms with Crippen LogP contribution in [0.15, 0.2) is 18.3 Å². The van der Waals surface area contributed by atoms with Gasteiger partial charge < -0.3 is 15.4 Å². The van der Waals surface area contributed by atoms with Gasteiger partial charge in [-0.15, -0.1) is 0 Å². The first-order valence-corrected chi connectivity index (χ1v) is 4.17. The Morgan fingerprint density at radius 3 is 2.92 bits per heavy atom. The molecule has 0 radical (unpaired) electrons. The minimum Gasteiger partial charge on any atom is -0.395 e. The Labute approximate surface area is 80.6 Å². The molecule has 0 aliphatic rings. The van der Waals surface area contributed by atoms with Crippen LogP contribution in [-0.2, 0) is 6.54 Å². The molecule has 0 saturated carbocycles. The van der Waals surface area contributed by atoms with Gasteiger partial charge in [-0.05, 0) is 12.1 Å². The second-order valence-electron chi connectivity index (χ2n) is 2.51. The predicted octanol–water partition coefficient (Wildman–Crippen LogP) is 0.309. The molecule has 0 aromatic carbocycles. The molecule has 0 aliphatic carbocycles. The molecule has 1 heterocycles. The number of carbonyl (C=O) groups excluding carboxylic acids is 1. The Morgan fingerprint density at radius 1 is 1.69 bits per heavy atom. The number of pyridine rings is 1. The van der Waals surface area contributed by atoms with Crippen molar-refractivity contribution in [2.24, 2.45) is 5.73 Å². The van der Waals surface area contributed by atoms with Crippen LogP contribution in [-0.4, -0.2) is 22.2 Å². The van der Waals surface area contributed by atoms with Gasteiger partial charge in [0.05, 0.1) is 12.2 Å². The van der Waals surface area contributed by atoms with Crippen LogP contribution in [0.1, 0.15) is 10.4 Å². The number of nitrogens with two attached hydrogens (primary N) is 1. The van der Waals surface area contributed by atoms with Gasteiger partial charge in [0, 0.05) is 12.7 Å². The Kier molecular flexibility index (Phi) is 3.16. The maximum Gasteiger partial charge on any atom is 0.251 e. The number of hydrogen-bond donors (Lipinski definition) is 2. The molecule has 0 atom stereocenters. The second-order valence-corrected chi connectivity index (χ2v) is 2.89. The van der Waals surface area contributed by atoms with Crippen molar-refractivity contribution in [1.29, 1.82) is 0 Å². The minimum atomic E-state index is -0.544. The fourth-order valence-electron chi connectivity index (χ4n) is 1.01. The predicted molar refractivity (Wildman–Crippen MR) is 50.9 cm³/mol. The Hall–Kier alpha value is -1.20. The van der Waals surface area contributed by atoms with E-state index in [0.29, 0.717) is 16.7 Å². The summed E-state index contributed by atoms with van der Waals surface area (Å²) in [5, 5.41) is 8.69. The highest BCUT2D eigenvalue weighted by Crippen LogP contribution is 2.02. The van der Waals surface area contributed by atoms with Crippen LogP contribution in [0.25, 0.3) is 0 Å². The number of aromatic nitrogens is 1. The van der Waals surface area contributed by atoms with E-state index < -0.39 is 5.91 Å². The van der Waals surface area contributed by atoms with Crippen molar-refractivity contribution in [2.45, 2.75) is 6.54 Å². The van der Waals surface area contributed by atoms with E-state index >= 15 is 0 Å². The molecule has 13 heavy (non-hydrogen) atoms. The molecule has 1 amide bonds. The molecule has 1 aromatic heterocycles. The van der Waals surface area contributed by atoms with Gasteiger partial charge in [0.15, 0.2) is 0 Å². The number of aliphatic hydroxyl groups excluding tert-OH is 1. The van der Waals surface area contributed by atoms with Gasteiger partial charge in [0.25, 0.3) is 5.91 Å². The van der Waals surface area contributed by atoms with Crippen molar-refractivity contribution in [3.8, 4) is 0 Å². The molecule has 70 valence electrons. The van der Waals surface area contributed by atoms with Crippen LogP contribution in [0.3, 0.4) is 0 Å². The summed E-state index contributed by atoms with van der Waals surface area (Å²) in [6.07, 6.45) is 1.70. The lowest BCUT2D eigenvalue weighted by molar-refractivity contribution is 0.0998. The van der Waals surface area contributed by atoms with Gasteiger partial charge in [0.1, 0.15) is 4.64 Å². The van der Waals surface area contributed by atoms with E-state index in [2.05, 4.69) is 0 Å². The number of carbonyl (C=O) groups is 1. The normalized spacial score (nSPS) is 9.92. The largest absolute Gasteiger partial charge is 0.395 e. The summed E-state index contributed by atoms with van der Waals surface area (Å²) in [7, 11) is 0. The zero-order valence-corrected chi connectivity index (χ0v) is 7.75. The minimum absolute atomic E-state index is 0.0173. The van der Waals surface area contributed by atoms with Crippen LogP contribution in [0.5, 0.6) is 0 Å². The molecule has 1 rings (SSSR count). The standard InChI is InChI=1S/C8H10N2O2S/c9-7(12)6-2-1-3-10(4-5-11)8(6)13/h1-3,11H,4-5H2,(H2,9,12). The van der Waals surface area contributed by atoms with Crippen molar-refractivity contribution < 1.29 is 9.90 Å². The second kappa shape index (κ2) is 4.15. The van der Waals surface area contributed by atoms with Gasteiger partial charge in [-0.3, -0.25) is 4.79 Å². The number of hydrogen-bond acceptors (Lipinski definition) is 3. The number of aliphatic hydroxyl groups is 1. The summed E-state index contributed by atoms with van der Waals surface area (Å²) < 4.78 is 1.97.